The lowest BCUT2D eigenvalue weighted by Gasteiger charge is -1.89. The summed E-state index contributed by atoms with van der Waals surface area (Å²) in [5.41, 5.74) is 4.12. The summed E-state index contributed by atoms with van der Waals surface area (Å²) < 4.78 is 0. The van der Waals surface area contributed by atoms with Gasteiger partial charge in [0.2, 0.25) is 12.3 Å². The van der Waals surface area contributed by atoms with Crippen molar-refractivity contribution < 1.29 is 9.63 Å². The van der Waals surface area contributed by atoms with Crippen molar-refractivity contribution in [2.45, 2.75) is 0 Å². The van der Waals surface area contributed by atoms with E-state index < -0.39 is 11.6 Å². The lowest BCUT2D eigenvalue weighted by atomic mass is 10.4. The number of nitrogens with zero attached hydrogens (tertiary/aromatic N) is 3. The van der Waals surface area contributed by atoms with Crippen molar-refractivity contribution in [2.24, 2.45) is 10.9 Å². The number of oxime groups is 1. The van der Waals surface area contributed by atoms with Gasteiger partial charge < -0.3 is 10.6 Å². The molecule has 0 spiro atoms. The second kappa shape index (κ2) is 4.77. The van der Waals surface area contributed by atoms with Gasteiger partial charge in [-0.25, -0.2) is 0 Å². The number of hydrogen-bond donors (Lipinski definition) is 1. The van der Waals surface area contributed by atoms with Crippen molar-refractivity contribution >= 4 is 11.6 Å². The molecule has 6 heteroatoms. The molecule has 0 aliphatic rings. The van der Waals surface area contributed by atoms with Gasteiger partial charge in [0, 0.05) is 0 Å². The maximum atomic E-state index is 10.2. The zero-order chi connectivity index (χ0) is 8.69. The van der Waals surface area contributed by atoms with Crippen LogP contribution in [-0.4, -0.2) is 18.2 Å². The Hall–Kier alpha value is -2.08. The molecule has 0 fully saturated rings. The molecule has 1 amide bonds. The van der Waals surface area contributed by atoms with Gasteiger partial charge in [-0.2, -0.15) is 10.5 Å². The van der Waals surface area contributed by atoms with Gasteiger partial charge in [0.15, 0.2) is 0 Å². The number of hydrogen-bond acceptors (Lipinski definition) is 5. The average Bonchev–Trinajstić information content (AvgIpc) is 1.97. The van der Waals surface area contributed by atoms with Crippen LogP contribution in [0.25, 0.3) is 0 Å². The number of carbonyl (C=O) groups excluding carboxylic acids is 1. The Morgan fingerprint density at radius 3 is 2.64 bits per heavy atom. The smallest absolute Gasteiger partial charge is 0.281 e. The first-order valence-corrected chi connectivity index (χ1v) is 2.49. The molecule has 0 saturated carbocycles. The summed E-state index contributed by atoms with van der Waals surface area (Å²) in [6, 6.07) is 3.00. The van der Waals surface area contributed by atoms with Gasteiger partial charge in [-0.05, 0) is 0 Å². The van der Waals surface area contributed by atoms with E-state index in [9.17, 15) is 4.79 Å². The van der Waals surface area contributed by atoms with E-state index >= 15 is 0 Å². The highest BCUT2D eigenvalue weighted by molar-refractivity contribution is 6.44. The third-order valence-electron chi connectivity index (χ3n) is 0.624. The third-order valence-corrected chi connectivity index (χ3v) is 0.624. The SMILES string of the molecule is N#CCON=C(C#N)C(N)=O. The van der Waals surface area contributed by atoms with Crippen molar-refractivity contribution in [3.05, 3.63) is 0 Å². The highest BCUT2D eigenvalue weighted by Crippen LogP contribution is 1.78. The average molecular weight is 152 g/mol. The van der Waals surface area contributed by atoms with Gasteiger partial charge in [0.1, 0.15) is 12.1 Å². The van der Waals surface area contributed by atoms with Crippen LogP contribution in [0, 0.1) is 22.7 Å². The minimum absolute atomic E-state index is 0.321. The molecule has 0 rings (SSSR count). The molecule has 0 aromatic carbocycles. The Bertz CT molecular complexity index is 257. The first kappa shape index (κ1) is 8.92. The molecule has 0 heterocycles. The minimum Gasteiger partial charge on any atom is -0.379 e. The van der Waals surface area contributed by atoms with Crippen molar-refractivity contribution in [3.63, 3.8) is 0 Å². The Morgan fingerprint density at radius 1 is 1.64 bits per heavy atom. The summed E-state index contributed by atoms with van der Waals surface area (Å²) in [6.07, 6.45) is 0. The van der Waals surface area contributed by atoms with Crippen LogP contribution in [0.1, 0.15) is 0 Å². The predicted molar refractivity (Wildman–Crippen MR) is 33.8 cm³/mol. The normalized spacial score (nSPS) is 9.45. The highest BCUT2D eigenvalue weighted by atomic mass is 16.6. The molecule has 11 heavy (non-hydrogen) atoms. The van der Waals surface area contributed by atoms with Crippen LogP contribution in [0.3, 0.4) is 0 Å². The standard InChI is InChI=1S/C5H4N4O2/c6-1-2-11-9-4(3-7)5(8)10/h2H2,(H2,8,10). The second-order valence-electron chi connectivity index (χ2n) is 1.35. The van der Waals surface area contributed by atoms with Crippen molar-refractivity contribution in [1.82, 2.24) is 0 Å². The van der Waals surface area contributed by atoms with Crippen LogP contribution in [0.15, 0.2) is 5.16 Å². The number of carbonyl (C=O) groups is 1. The number of primary amides is 1. The fourth-order valence-electron chi connectivity index (χ4n) is 0.246. The summed E-state index contributed by atoms with van der Waals surface area (Å²) in [5, 5.41) is 19.1. The monoisotopic (exact) mass is 152 g/mol. The maximum absolute atomic E-state index is 10.2. The fraction of sp³-hybridized carbons (Fsp3) is 0.200. The molecule has 0 unspecified atom stereocenters. The van der Waals surface area contributed by atoms with Crippen molar-refractivity contribution in [2.75, 3.05) is 6.61 Å². The predicted octanol–water partition coefficient (Wildman–Crippen LogP) is -1.11. The summed E-state index contributed by atoms with van der Waals surface area (Å²) >= 11 is 0. The second-order valence-corrected chi connectivity index (χ2v) is 1.35. The van der Waals surface area contributed by atoms with E-state index in [2.05, 4.69) is 15.7 Å². The molecular weight excluding hydrogens is 148 g/mol. The number of rotatable bonds is 3. The van der Waals surface area contributed by atoms with Crippen molar-refractivity contribution in [1.29, 1.82) is 10.5 Å². The quantitative estimate of drug-likeness (QED) is 0.314. The van der Waals surface area contributed by atoms with Crippen LogP contribution in [-0.2, 0) is 9.63 Å². The molecule has 56 valence electrons. The molecule has 0 aliphatic carbocycles. The first-order valence-electron chi connectivity index (χ1n) is 2.49. The van der Waals surface area contributed by atoms with E-state index in [1.54, 1.807) is 6.07 Å². The summed E-state index contributed by atoms with van der Waals surface area (Å²) in [4.78, 5) is 14.4. The van der Waals surface area contributed by atoms with Crippen LogP contribution in [0.4, 0.5) is 0 Å². The van der Waals surface area contributed by atoms with Crippen molar-refractivity contribution in [3.8, 4) is 12.1 Å². The Balaban J connectivity index is 4.08. The lowest BCUT2D eigenvalue weighted by Crippen LogP contribution is -2.21. The van der Waals surface area contributed by atoms with E-state index in [0.717, 1.165) is 0 Å². The molecule has 0 bridgehead atoms. The molecule has 0 atom stereocenters. The topological polar surface area (TPSA) is 112 Å². The lowest BCUT2D eigenvalue weighted by molar-refractivity contribution is -0.112. The van der Waals surface area contributed by atoms with Crippen LogP contribution < -0.4 is 5.73 Å². The zero-order valence-corrected chi connectivity index (χ0v) is 5.44. The molecular formula is C5H4N4O2. The number of nitrogens with two attached hydrogens (primary N) is 1. The van der Waals surface area contributed by atoms with Gasteiger partial charge in [0.25, 0.3) is 5.91 Å². The zero-order valence-electron chi connectivity index (χ0n) is 5.44. The number of amides is 1. The molecule has 0 aliphatic heterocycles. The van der Waals surface area contributed by atoms with Gasteiger partial charge in [0.05, 0.1) is 0 Å². The Kier molecular flexibility index (Phi) is 3.87. The molecule has 0 aromatic rings. The molecule has 0 radical (unpaired) electrons. The molecule has 2 N–H and O–H groups in total. The largest absolute Gasteiger partial charge is 0.379 e. The van der Waals surface area contributed by atoms with Crippen LogP contribution in [0.5, 0.6) is 0 Å². The van der Waals surface area contributed by atoms with Gasteiger partial charge in [-0.15, -0.1) is 0 Å². The fourth-order valence-corrected chi connectivity index (χ4v) is 0.246. The molecule has 0 aromatic heterocycles. The maximum Gasteiger partial charge on any atom is 0.281 e. The van der Waals surface area contributed by atoms with Gasteiger partial charge in [-0.3, -0.25) is 4.79 Å². The van der Waals surface area contributed by atoms with E-state index in [0.29, 0.717) is 0 Å². The summed E-state index contributed by atoms with van der Waals surface area (Å²) in [5.74, 6) is -0.981. The van der Waals surface area contributed by atoms with E-state index in [1.165, 1.54) is 6.07 Å². The number of nitriles is 2. The van der Waals surface area contributed by atoms with Crippen LogP contribution >= 0.6 is 0 Å². The van der Waals surface area contributed by atoms with Crippen LogP contribution in [0.2, 0.25) is 0 Å². The summed E-state index contributed by atoms with van der Waals surface area (Å²) in [7, 11) is 0. The molecule has 0 saturated heterocycles. The highest BCUT2D eigenvalue weighted by Gasteiger charge is 2.04. The van der Waals surface area contributed by atoms with E-state index in [-0.39, 0.29) is 6.61 Å². The molecule has 6 nitrogen and oxygen atoms in total. The summed E-state index contributed by atoms with van der Waals surface area (Å²) in [6.45, 7) is -0.321. The van der Waals surface area contributed by atoms with Gasteiger partial charge in [-0.1, -0.05) is 5.16 Å². The third kappa shape index (κ3) is 3.49. The minimum atomic E-state index is -0.981. The van der Waals surface area contributed by atoms with E-state index in [1.807, 2.05) is 0 Å². The Labute approximate surface area is 62.4 Å². The first-order chi connectivity index (χ1) is 5.22. The van der Waals surface area contributed by atoms with E-state index in [4.69, 9.17) is 10.5 Å². The van der Waals surface area contributed by atoms with Gasteiger partial charge >= 0.3 is 0 Å². The Morgan fingerprint density at radius 2 is 2.27 bits per heavy atom.